The van der Waals surface area contributed by atoms with E-state index < -0.39 is 0 Å². The second-order valence-corrected chi connectivity index (χ2v) is 2.94. The molecule has 0 radical (unpaired) electrons. The average Bonchev–Trinajstić information content (AvgIpc) is 2.72. The summed E-state index contributed by atoms with van der Waals surface area (Å²) in [4.78, 5) is 0. The van der Waals surface area contributed by atoms with Gasteiger partial charge in [0.05, 0.1) is 18.5 Å². The molecule has 0 amide bonds. The van der Waals surface area contributed by atoms with E-state index in [1.54, 1.807) is 17.1 Å². The Bertz CT molecular complexity index is 377. The highest BCUT2D eigenvalue weighted by Gasteiger charge is 2.12. The van der Waals surface area contributed by atoms with Gasteiger partial charge in [0.1, 0.15) is 5.76 Å². The van der Waals surface area contributed by atoms with Gasteiger partial charge in [-0.1, -0.05) is 0 Å². The van der Waals surface area contributed by atoms with Crippen LogP contribution in [-0.4, -0.2) is 9.78 Å². The first-order chi connectivity index (χ1) is 6.27. The maximum Gasteiger partial charge on any atom is 0.125 e. The van der Waals surface area contributed by atoms with Gasteiger partial charge in [-0.3, -0.25) is 4.68 Å². The highest BCUT2D eigenvalue weighted by atomic mass is 16.3. The summed E-state index contributed by atoms with van der Waals surface area (Å²) in [5.74, 6) is 0.757. The van der Waals surface area contributed by atoms with Crippen LogP contribution in [0.4, 0.5) is 0 Å². The molecule has 68 valence electrons. The number of aromatic nitrogens is 2. The Morgan fingerprint density at radius 2 is 2.46 bits per heavy atom. The van der Waals surface area contributed by atoms with Crippen molar-refractivity contribution in [3.8, 4) is 0 Å². The molecule has 13 heavy (non-hydrogen) atoms. The van der Waals surface area contributed by atoms with Crippen molar-refractivity contribution in [3.63, 3.8) is 0 Å². The van der Waals surface area contributed by atoms with E-state index in [9.17, 15) is 0 Å². The third-order valence-electron chi connectivity index (χ3n) is 1.93. The standard InChI is InChI=1S/C9H11N3O/c1-12-6-7(5-11-12)9(10)8-3-2-4-13-8/h2-6,9H,10H2,1H3. The van der Waals surface area contributed by atoms with Crippen LogP contribution in [0.3, 0.4) is 0 Å². The van der Waals surface area contributed by atoms with Gasteiger partial charge in [-0.15, -0.1) is 0 Å². The molecule has 1 atom stereocenters. The lowest BCUT2D eigenvalue weighted by atomic mass is 10.1. The maximum absolute atomic E-state index is 5.93. The van der Waals surface area contributed by atoms with Crippen LogP contribution >= 0.6 is 0 Å². The first kappa shape index (κ1) is 8.07. The fourth-order valence-electron chi connectivity index (χ4n) is 1.23. The molecule has 2 N–H and O–H groups in total. The number of nitrogens with zero attached hydrogens (tertiary/aromatic N) is 2. The van der Waals surface area contributed by atoms with Gasteiger partial charge in [0.15, 0.2) is 0 Å². The SMILES string of the molecule is Cn1cc(C(N)c2ccco2)cn1. The van der Waals surface area contributed by atoms with E-state index in [1.807, 2.05) is 25.4 Å². The Balaban J connectivity index is 2.28. The van der Waals surface area contributed by atoms with Gasteiger partial charge >= 0.3 is 0 Å². The summed E-state index contributed by atoms with van der Waals surface area (Å²) in [5.41, 5.74) is 6.88. The van der Waals surface area contributed by atoms with Crippen molar-refractivity contribution in [1.29, 1.82) is 0 Å². The van der Waals surface area contributed by atoms with Gasteiger partial charge in [-0.2, -0.15) is 5.10 Å². The van der Waals surface area contributed by atoms with Gasteiger partial charge in [0.25, 0.3) is 0 Å². The molecule has 0 bridgehead atoms. The molecule has 0 aliphatic rings. The summed E-state index contributed by atoms with van der Waals surface area (Å²) < 4.78 is 6.92. The Labute approximate surface area is 76.0 Å². The fraction of sp³-hybridized carbons (Fsp3) is 0.222. The molecule has 4 heteroatoms. The molecule has 0 aliphatic carbocycles. The molecule has 2 rings (SSSR count). The van der Waals surface area contributed by atoms with E-state index >= 15 is 0 Å². The van der Waals surface area contributed by atoms with E-state index in [0.717, 1.165) is 11.3 Å². The average molecular weight is 177 g/mol. The third-order valence-corrected chi connectivity index (χ3v) is 1.93. The zero-order valence-corrected chi connectivity index (χ0v) is 7.34. The summed E-state index contributed by atoms with van der Waals surface area (Å²) >= 11 is 0. The maximum atomic E-state index is 5.93. The van der Waals surface area contributed by atoms with Crippen molar-refractivity contribution in [1.82, 2.24) is 9.78 Å². The van der Waals surface area contributed by atoms with Crippen molar-refractivity contribution in [2.24, 2.45) is 12.8 Å². The van der Waals surface area contributed by atoms with Gasteiger partial charge in [0.2, 0.25) is 0 Å². The van der Waals surface area contributed by atoms with Crippen LogP contribution < -0.4 is 5.73 Å². The van der Waals surface area contributed by atoms with Gasteiger partial charge in [-0.25, -0.2) is 0 Å². The van der Waals surface area contributed by atoms with Crippen molar-refractivity contribution in [3.05, 3.63) is 42.1 Å². The van der Waals surface area contributed by atoms with Gasteiger partial charge in [-0.05, 0) is 12.1 Å². The predicted octanol–water partition coefficient (Wildman–Crippen LogP) is 1.06. The van der Waals surface area contributed by atoms with E-state index in [1.165, 1.54) is 0 Å². The molecule has 0 saturated heterocycles. The Hall–Kier alpha value is -1.55. The number of furan rings is 1. The van der Waals surface area contributed by atoms with Gasteiger partial charge < -0.3 is 10.2 Å². The molecule has 2 heterocycles. The highest BCUT2D eigenvalue weighted by Crippen LogP contribution is 2.18. The van der Waals surface area contributed by atoms with Crippen molar-refractivity contribution in [2.45, 2.75) is 6.04 Å². The van der Waals surface area contributed by atoms with E-state index in [4.69, 9.17) is 10.2 Å². The summed E-state index contributed by atoms with van der Waals surface area (Å²) in [7, 11) is 1.86. The summed E-state index contributed by atoms with van der Waals surface area (Å²) in [6.45, 7) is 0. The summed E-state index contributed by atoms with van der Waals surface area (Å²) in [6.07, 6.45) is 5.24. The van der Waals surface area contributed by atoms with Crippen LogP contribution in [0.25, 0.3) is 0 Å². The largest absolute Gasteiger partial charge is 0.467 e. The second kappa shape index (κ2) is 3.06. The number of hydrogen-bond donors (Lipinski definition) is 1. The first-order valence-electron chi connectivity index (χ1n) is 4.05. The molecule has 0 aliphatic heterocycles. The molecule has 2 aromatic rings. The van der Waals surface area contributed by atoms with Crippen molar-refractivity contribution in [2.75, 3.05) is 0 Å². The fourth-order valence-corrected chi connectivity index (χ4v) is 1.23. The quantitative estimate of drug-likeness (QED) is 0.746. The topological polar surface area (TPSA) is 57.0 Å². The monoisotopic (exact) mass is 177 g/mol. The second-order valence-electron chi connectivity index (χ2n) is 2.94. The number of rotatable bonds is 2. The molecular weight excluding hydrogens is 166 g/mol. The summed E-state index contributed by atoms with van der Waals surface area (Å²) in [6, 6.07) is 3.46. The zero-order chi connectivity index (χ0) is 9.26. The van der Waals surface area contributed by atoms with Crippen LogP contribution in [-0.2, 0) is 7.05 Å². The van der Waals surface area contributed by atoms with Crippen LogP contribution in [0.1, 0.15) is 17.4 Å². The van der Waals surface area contributed by atoms with E-state index in [2.05, 4.69) is 5.10 Å². The Morgan fingerprint density at radius 1 is 1.62 bits per heavy atom. The Morgan fingerprint density at radius 3 is 3.00 bits per heavy atom. The number of hydrogen-bond acceptors (Lipinski definition) is 3. The smallest absolute Gasteiger partial charge is 0.125 e. The summed E-state index contributed by atoms with van der Waals surface area (Å²) in [5, 5.41) is 4.04. The number of nitrogens with two attached hydrogens (primary N) is 1. The highest BCUT2D eigenvalue weighted by molar-refractivity contribution is 5.20. The normalized spacial score (nSPS) is 13.1. The minimum absolute atomic E-state index is 0.219. The van der Waals surface area contributed by atoms with Gasteiger partial charge in [0, 0.05) is 18.8 Å². The molecule has 0 saturated carbocycles. The van der Waals surface area contributed by atoms with Crippen LogP contribution in [0.15, 0.2) is 35.2 Å². The van der Waals surface area contributed by atoms with E-state index in [0.29, 0.717) is 0 Å². The van der Waals surface area contributed by atoms with E-state index in [-0.39, 0.29) is 6.04 Å². The predicted molar refractivity (Wildman–Crippen MR) is 47.9 cm³/mol. The van der Waals surface area contributed by atoms with Crippen LogP contribution in [0.5, 0.6) is 0 Å². The minimum atomic E-state index is -0.219. The molecule has 0 spiro atoms. The molecule has 2 aromatic heterocycles. The first-order valence-corrected chi connectivity index (χ1v) is 4.05. The lowest BCUT2D eigenvalue weighted by Crippen LogP contribution is -2.09. The minimum Gasteiger partial charge on any atom is -0.467 e. The molecule has 1 unspecified atom stereocenters. The Kier molecular flexibility index (Phi) is 1.90. The lowest BCUT2D eigenvalue weighted by molar-refractivity contribution is 0.489. The van der Waals surface area contributed by atoms with Crippen molar-refractivity contribution >= 4 is 0 Å². The molecule has 0 aromatic carbocycles. The van der Waals surface area contributed by atoms with Crippen molar-refractivity contribution < 1.29 is 4.42 Å². The molecule has 0 fully saturated rings. The third kappa shape index (κ3) is 1.48. The van der Waals surface area contributed by atoms with Crippen LogP contribution in [0.2, 0.25) is 0 Å². The van der Waals surface area contributed by atoms with Crippen LogP contribution in [0, 0.1) is 0 Å². The molecular formula is C9H11N3O. The zero-order valence-electron chi connectivity index (χ0n) is 7.34. The molecule has 4 nitrogen and oxygen atoms in total. The number of aryl methyl sites for hydroxylation is 1. The lowest BCUT2D eigenvalue weighted by Gasteiger charge is -2.04.